The fourth-order valence-electron chi connectivity index (χ4n) is 3.80. The second-order valence-corrected chi connectivity index (χ2v) is 11.0. The number of hydrogen-bond acceptors (Lipinski definition) is 6. The van der Waals surface area contributed by atoms with E-state index >= 15 is 0 Å². The van der Waals surface area contributed by atoms with Crippen molar-refractivity contribution in [2.45, 2.75) is 64.2 Å². The van der Waals surface area contributed by atoms with Crippen molar-refractivity contribution in [3.63, 3.8) is 0 Å². The summed E-state index contributed by atoms with van der Waals surface area (Å²) in [6.07, 6.45) is 4.63. The number of rotatable bonds is 5. The molecule has 1 N–H and O–H groups in total. The van der Waals surface area contributed by atoms with Crippen LogP contribution in [-0.2, 0) is 24.2 Å². The van der Waals surface area contributed by atoms with Crippen molar-refractivity contribution >= 4 is 39.2 Å². The minimum Gasteiger partial charge on any atom is -0.467 e. The quantitative estimate of drug-likeness (QED) is 0.470. The molecule has 160 valence electrons. The summed E-state index contributed by atoms with van der Waals surface area (Å²) in [5, 5.41) is 4.26. The van der Waals surface area contributed by atoms with Crippen molar-refractivity contribution in [3.8, 4) is 0 Å². The molecule has 1 unspecified atom stereocenters. The second-order valence-electron chi connectivity index (χ2n) is 8.98. The van der Waals surface area contributed by atoms with E-state index in [0.29, 0.717) is 23.4 Å². The first-order valence-corrected chi connectivity index (χ1v) is 12.0. The SMILES string of the molecule is CC1CCc2c(sc3nc(SCC(=O)NC(C)(C)C)n(Cc4ccco4)c(=O)c23)C1. The highest BCUT2D eigenvalue weighted by molar-refractivity contribution is 7.99. The van der Waals surface area contributed by atoms with E-state index in [1.807, 2.05) is 32.9 Å². The van der Waals surface area contributed by atoms with Crippen molar-refractivity contribution in [1.29, 1.82) is 0 Å². The molecule has 3 heterocycles. The van der Waals surface area contributed by atoms with E-state index in [0.717, 1.165) is 29.5 Å². The molecule has 0 saturated heterocycles. The van der Waals surface area contributed by atoms with E-state index in [-0.39, 0.29) is 22.8 Å². The van der Waals surface area contributed by atoms with Gasteiger partial charge in [0, 0.05) is 10.4 Å². The Morgan fingerprint density at radius 3 is 2.93 bits per heavy atom. The van der Waals surface area contributed by atoms with Crippen LogP contribution in [0.2, 0.25) is 0 Å². The lowest BCUT2D eigenvalue weighted by Crippen LogP contribution is -2.41. The zero-order valence-corrected chi connectivity index (χ0v) is 19.4. The lowest BCUT2D eigenvalue weighted by Gasteiger charge is -2.20. The highest BCUT2D eigenvalue weighted by Gasteiger charge is 2.25. The molecule has 3 aromatic rings. The number of amides is 1. The van der Waals surface area contributed by atoms with Gasteiger partial charge in [0.25, 0.3) is 5.56 Å². The number of nitrogens with zero attached hydrogens (tertiary/aromatic N) is 2. The van der Waals surface area contributed by atoms with E-state index in [2.05, 4.69) is 12.2 Å². The van der Waals surface area contributed by atoms with Crippen LogP contribution < -0.4 is 10.9 Å². The van der Waals surface area contributed by atoms with Gasteiger partial charge in [0.2, 0.25) is 5.91 Å². The summed E-state index contributed by atoms with van der Waals surface area (Å²) in [5.41, 5.74) is 0.829. The van der Waals surface area contributed by atoms with Crippen molar-refractivity contribution in [1.82, 2.24) is 14.9 Å². The summed E-state index contributed by atoms with van der Waals surface area (Å²) in [6.45, 7) is 8.40. The number of carbonyl (C=O) groups excluding carboxylic acids is 1. The van der Waals surface area contributed by atoms with Crippen LogP contribution in [0.1, 0.15) is 50.3 Å². The van der Waals surface area contributed by atoms with Crippen LogP contribution in [0, 0.1) is 5.92 Å². The summed E-state index contributed by atoms with van der Waals surface area (Å²) in [6, 6.07) is 3.66. The average molecular weight is 446 g/mol. The van der Waals surface area contributed by atoms with E-state index in [4.69, 9.17) is 9.40 Å². The van der Waals surface area contributed by atoms with E-state index in [1.54, 1.807) is 22.2 Å². The number of fused-ring (bicyclic) bond motifs is 3. The van der Waals surface area contributed by atoms with E-state index in [9.17, 15) is 9.59 Å². The molecule has 0 saturated carbocycles. The average Bonchev–Trinajstić information content (AvgIpc) is 3.28. The van der Waals surface area contributed by atoms with Gasteiger partial charge >= 0.3 is 0 Å². The highest BCUT2D eigenvalue weighted by atomic mass is 32.2. The standard InChI is InChI=1S/C22H27N3O3S2/c1-13-7-8-15-16(10-13)30-19-18(15)20(27)25(11-14-6-5-9-28-14)21(23-19)29-12-17(26)24-22(2,3)4/h5-6,9,13H,7-8,10-12H2,1-4H3,(H,24,26). The summed E-state index contributed by atoms with van der Waals surface area (Å²) < 4.78 is 7.14. The Morgan fingerprint density at radius 1 is 1.43 bits per heavy atom. The van der Waals surface area contributed by atoms with E-state index < -0.39 is 0 Å². The lowest BCUT2D eigenvalue weighted by atomic mass is 9.89. The predicted octanol–water partition coefficient (Wildman–Crippen LogP) is 4.23. The molecule has 0 aromatic carbocycles. The molecule has 1 atom stereocenters. The molecule has 3 aromatic heterocycles. The van der Waals surface area contributed by atoms with Gasteiger partial charge in [0.1, 0.15) is 10.6 Å². The maximum Gasteiger partial charge on any atom is 0.263 e. The van der Waals surface area contributed by atoms with Crippen LogP contribution in [0.15, 0.2) is 32.8 Å². The van der Waals surface area contributed by atoms with Crippen molar-refractivity contribution in [3.05, 3.63) is 45.0 Å². The maximum absolute atomic E-state index is 13.5. The first kappa shape index (κ1) is 21.2. The number of hydrogen-bond donors (Lipinski definition) is 1. The monoisotopic (exact) mass is 445 g/mol. The molecule has 0 fully saturated rings. The van der Waals surface area contributed by atoms with Crippen LogP contribution in [0.3, 0.4) is 0 Å². The summed E-state index contributed by atoms with van der Waals surface area (Å²) >= 11 is 2.93. The van der Waals surface area contributed by atoms with Crippen molar-refractivity contribution in [2.24, 2.45) is 5.92 Å². The Balaban J connectivity index is 1.73. The van der Waals surface area contributed by atoms with Gasteiger partial charge in [-0.25, -0.2) is 4.98 Å². The molecule has 0 bridgehead atoms. The number of nitrogens with one attached hydrogen (secondary N) is 1. The number of furan rings is 1. The molecule has 1 aliphatic rings. The molecular formula is C22H27N3O3S2. The highest BCUT2D eigenvalue weighted by Crippen LogP contribution is 2.36. The Morgan fingerprint density at radius 2 is 2.23 bits per heavy atom. The number of aromatic nitrogens is 2. The molecular weight excluding hydrogens is 418 g/mol. The maximum atomic E-state index is 13.5. The van der Waals surface area contributed by atoms with Gasteiger partial charge in [-0.05, 0) is 63.6 Å². The van der Waals surface area contributed by atoms with Crippen LogP contribution in [0.4, 0.5) is 0 Å². The summed E-state index contributed by atoms with van der Waals surface area (Å²) in [5.74, 6) is 1.45. The lowest BCUT2D eigenvalue weighted by molar-refractivity contribution is -0.119. The smallest absolute Gasteiger partial charge is 0.263 e. The summed E-state index contributed by atoms with van der Waals surface area (Å²) in [4.78, 5) is 32.8. The molecule has 30 heavy (non-hydrogen) atoms. The van der Waals surface area contributed by atoms with Crippen LogP contribution in [0.5, 0.6) is 0 Å². The van der Waals surface area contributed by atoms with Gasteiger partial charge in [-0.15, -0.1) is 11.3 Å². The number of carbonyl (C=O) groups is 1. The Bertz CT molecular complexity index is 1120. The first-order chi connectivity index (χ1) is 14.2. The third-order valence-corrected chi connectivity index (χ3v) is 7.25. The second kappa shape index (κ2) is 8.23. The van der Waals surface area contributed by atoms with Crippen LogP contribution >= 0.6 is 23.1 Å². The Hall–Kier alpha value is -2.06. The first-order valence-electron chi connectivity index (χ1n) is 10.2. The predicted molar refractivity (Wildman–Crippen MR) is 121 cm³/mol. The normalized spacial score (nSPS) is 16.6. The molecule has 6 nitrogen and oxygen atoms in total. The Labute approximate surface area is 184 Å². The zero-order valence-electron chi connectivity index (χ0n) is 17.8. The number of aryl methyl sites for hydroxylation is 1. The minimum absolute atomic E-state index is 0.0396. The van der Waals surface area contributed by atoms with Gasteiger partial charge < -0.3 is 9.73 Å². The third kappa shape index (κ3) is 4.49. The van der Waals surface area contributed by atoms with E-state index in [1.165, 1.54) is 22.2 Å². The molecule has 1 aliphatic carbocycles. The minimum atomic E-state index is -0.299. The topological polar surface area (TPSA) is 77.1 Å². The van der Waals surface area contributed by atoms with Crippen molar-refractivity contribution in [2.75, 3.05) is 5.75 Å². The largest absolute Gasteiger partial charge is 0.467 e. The van der Waals surface area contributed by atoms with Crippen LogP contribution in [0.25, 0.3) is 10.2 Å². The van der Waals surface area contributed by atoms with Gasteiger partial charge in [-0.3, -0.25) is 14.2 Å². The Kier molecular flexibility index (Phi) is 5.81. The number of thiophene rings is 1. The van der Waals surface area contributed by atoms with Gasteiger partial charge in [-0.2, -0.15) is 0 Å². The molecule has 1 amide bonds. The molecule has 4 rings (SSSR count). The van der Waals surface area contributed by atoms with Gasteiger partial charge in [0.05, 0.1) is 23.9 Å². The van der Waals surface area contributed by atoms with Crippen LogP contribution in [-0.4, -0.2) is 26.8 Å². The fourth-order valence-corrected chi connectivity index (χ4v) is 6.02. The zero-order chi connectivity index (χ0) is 21.5. The molecule has 0 aliphatic heterocycles. The summed E-state index contributed by atoms with van der Waals surface area (Å²) in [7, 11) is 0. The fraction of sp³-hybridized carbons (Fsp3) is 0.500. The van der Waals surface area contributed by atoms with Crippen molar-refractivity contribution < 1.29 is 9.21 Å². The third-order valence-electron chi connectivity index (χ3n) is 5.12. The van der Waals surface area contributed by atoms with Gasteiger partial charge in [0.15, 0.2) is 5.16 Å². The number of thioether (sulfide) groups is 1. The van der Waals surface area contributed by atoms with Gasteiger partial charge in [-0.1, -0.05) is 18.7 Å². The molecule has 8 heteroatoms. The molecule has 0 radical (unpaired) electrons. The molecule has 0 spiro atoms.